The van der Waals surface area contributed by atoms with Gasteiger partial charge in [0.05, 0.1) is 6.61 Å². The molecule has 1 aromatic rings. The lowest BCUT2D eigenvalue weighted by atomic mass is 9.98. The molecule has 0 spiro atoms. The molecule has 1 aliphatic heterocycles. The van der Waals surface area contributed by atoms with Crippen LogP contribution in [0.2, 0.25) is 0 Å². The van der Waals surface area contributed by atoms with E-state index in [1.165, 1.54) is 0 Å². The van der Waals surface area contributed by atoms with E-state index in [1.807, 2.05) is 13.0 Å². The van der Waals surface area contributed by atoms with E-state index in [0.717, 1.165) is 18.7 Å². The predicted octanol–water partition coefficient (Wildman–Crippen LogP) is 1.85. The highest BCUT2D eigenvalue weighted by Gasteiger charge is 2.22. The molecule has 1 aromatic carbocycles. The third kappa shape index (κ3) is 2.76. The molecule has 17 heavy (non-hydrogen) atoms. The minimum absolute atomic E-state index is 0.161. The molecule has 1 fully saturated rings. The van der Waals surface area contributed by atoms with Crippen LogP contribution in [-0.2, 0) is 0 Å². The van der Waals surface area contributed by atoms with Crippen LogP contribution in [0.25, 0.3) is 0 Å². The second kappa shape index (κ2) is 5.47. The smallest absolute Gasteiger partial charge is 0.165 e. The molecule has 1 heterocycles. The van der Waals surface area contributed by atoms with Crippen molar-refractivity contribution in [2.24, 2.45) is 0 Å². The van der Waals surface area contributed by atoms with Crippen molar-refractivity contribution in [2.45, 2.75) is 25.9 Å². The molecule has 0 saturated carbocycles. The average Bonchev–Trinajstić information content (AvgIpc) is 2.33. The monoisotopic (exact) mass is 238 g/mol. The second-order valence-electron chi connectivity index (χ2n) is 4.30. The number of hydrogen-bond acceptors (Lipinski definition) is 3. The van der Waals surface area contributed by atoms with Gasteiger partial charge in [-0.2, -0.15) is 0 Å². The number of piperazine rings is 1. The van der Waals surface area contributed by atoms with Crippen molar-refractivity contribution in [3.63, 3.8) is 0 Å². The zero-order valence-electron chi connectivity index (χ0n) is 10.3. The minimum Gasteiger partial charge on any atom is -0.491 e. The van der Waals surface area contributed by atoms with Gasteiger partial charge in [0.25, 0.3) is 0 Å². The van der Waals surface area contributed by atoms with Gasteiger partial charge in [0.1, 0.15) is 0 Å². The highest BCUT2D eigenvalue weighted by molar-refractivity contribution is 5.32. The van der Waals surface area contributed by atoms with Crippen molar-refractivity contribution in [3.05, 3.63) is 29.6 Å². The molecule has 3 nitrogen and oxygen atoms in total. The minimum atomic E-state index is -0.288. The van der Waals surface area contributed by atoms with Crippen molar-refractivity contribution >= 4 is 0 Å². The fourth-order valence-corrected chi connectivity index (χ4v) is 2.21. The molecular formula is C13H19FN2O. The molecule has 0 aliphatic carbocycles. The van der Waals surface area contributed by atoms with Crippen LogP contribution in [0.15, 0.2) is 18.2 Å². The number of rotatable bonds is 3. The maximum absolute atomic E-state index is 13.7. The first-order valence-electron chi connectivity index (χ1n) is 6.11. The number of hydrogen-bond donors (Lipinski definition) is 2. The topological polar surface area (TPSA) is 33.3 Å². The highest BCUT2D eigenvalue weighted by Crippen LogP contribution is 2.24. The third-order valence-electron chi connectivity index (χ3n) is 3.07. The van der Waals surface area contributed by atoms with Crippen molar-refractivity contribution < 1.29 is 9.13 Å². The molecule has 94 valence electrons. The fraction of sp³-hybridized carbons (Fsp3) is 0.538. The summed E-state index contributed by atoms with van der Waals surface area (Å²) < 4.78 is 18.9. The molecular weight excluding hydrogens is 219 g/mol. The van der Waals surface area contributed by atoms with Crippen LogP contribution in [0.4, 0.5) is 4.39 Å². The predicted molar refractivity (Wildman–Crippen MR) is 65.8 cm³/mol. The lowest BCUT2D eigenvalue weighted by Gasteiger charge is -2.31. The molecule has 2 N–H and O–H groups in total. The maximum Gasteiger partial charge on any atom is 0.165 e. The van der Waals surface area contributed by atoms with Gasteiger partial charge in [-0.3, -0.25) is 0 Å². The van der Waals surface area contributed by atoms with Gasteiger partial charge in [-0.15, -0.1) is 0 Å². The summed E-state index contributed by atoms with van der Waals surface area (Å²) >= 11 is 0. The molecule has 0 aromatic heterocycles. The van der Waals surface area contributed by atoms with E-state index in [2.05, 4.69) is 17.6 Å². The van der Waals surface area contributed by atoms with E-state index < -0.39 is 0 Å². The Morgan fingerprint density at radius 1 is 1.35 bits per heavy atom. The molecule has 0 bridgehead atoms. The summed E-state index contributed by atoms with van der Waals surface area (Å²) in [5.41, 5.74) is 0.964. The summed E-state index contributed by atoms with van der Waals surface area (Å²) in [5, 5.41) is 6.77. The summed E-state index contributed by atoms with van der Waals surface area (Å²) in [6.45, 7) is 6.30. The van der Waals surface area contributed by atoms with Crippen molar-refractivity contribution in [1.82, 2.24) is 10.6 Å². The van der Waals surface area contributed by atoms with E-state index in [4.69, 9.17) is 4.74 Å². The van der Waals surface area contributed by atoms with E-state index in [0.29, 0.717) is 18.4 Å². The molecule has 4 heteroatoms. The fourth-order valence-electron chi connectivity index (χ4n) is 2.21. The van der Waals surface area contributed by atoms with Gasteiger partial charge in [-0.25, -0.2) is 4.39 Å². The van der Waals surface area contributed by atoms with Gasteiger partial charge in [-0.05, 0) is 31.5 Å². The Balaban J connectivity index is 2.18. The average molecular weight is 238 g/mol. The molecule has 2 rings (SSSR count). The van der Waals surface area contributed by atoms with Crippen LogP contribution in [0.1, 0.15) is 25.5 Å². The van der Waals surface area contributed by atoms with Gasteiger partial charge in [-0.1, -0.05) is 6.07 Å². The van der Waals surface area contributed by atoms with Crippen LogP contribution in [0, 0.1) is 5.82 Å². The zero-order chi connectivity index (χ0) is 12.3. The van der Waals surface area contributed by atoms with E-state index in [1.54, 1.807) is 12.1 Å². The zero-order valence-corrected chi connectivity index (χ0v) is 10.3. The molecule has 2 atom stereocenters. The normalized spacial score (nSPS) is 24.6. The van der Waals surface area contributed by atoms with Crippen LogP contribution in [-0.4, -0.2) is 25.7 Å². The summed E-state index contributed by atoms with van der Waals surface area (Å²) in [7, 11) is 0. The Labute approximate surface area is 101 Å². The van der Waals surface area contributed by atoms with Crippen LogP contribution >= 0.6 is 0 Å². The third-order valence-corrected chi connectivity index (χ3v) is 3.07. The largest absolute Gasteiger partial charge is 0.491 e. The Hall–Kier alpha value is -1.13. The van der Waals surface area contributed by atoms with Crippen molar-refractivity contribution in [1.29, 1.82) is 0 Å². The van der Waals surface area contributed by atoms with E-state index >= 15 is 0 Å². The lowest BCUT2D eigenvalue weighted by molar-refractivity contribution is 0.318. The molecule has 2 unspecified atom stereocenters. The van der Waals surface area contributed by atoms with Gasteiger partial charge in [0, 0.05) is 25.2 Å². The number of halogens is 1. The van der Waals surface area contributed by atoms with Gasteiger partial charge >= 0.3 is 0 Å². The first-order chi connectivity index (χ1) is 8.22. The van der Waals surface area contributed by atoms with Crippen molar-refractivity contribution in [3.8, 4) is 5.75 Å². The Morgan fingerprint density at radius 3 is 2.76 bits per heavy atom. The number of benzene rings is 1. The van der Waals surface area contributed by atoms with Crippen molar-refractivity contribution in [2.75, 3.05) is 19.7 Å². The number of nitrogens with one attached hydrogen (secondary N) is 2. The van der Waals surface area contributed by atoms with E-state index in [9.17, 15) is 4.39 Å². The highest BCUT2D eigenvalue weighted by atomic mass is 19.1. The molecule has 1 aliphatic rings. The van der Waals surface area contributed by atoms with Gasteiger partial charge in [0.2, 0.25) is 0 Å². The Bertz CT molecular complexity index is 384. The SMILES string of the molecule is CCOc1ccc(C2NCCNC2C)cc1F. The Morgan fingerprint density at radius 2 is 2.12 bits per heavy atom. The number of ether oxygens (including phenoxy) is 1. The second-order valence-corrected chi connectivity index (χ2v) is 4.30. The molecule has 0 radical (unpaired) electrons. The Kier molecular flexibility index (Phi) is 3.97. The lowest BCUT2D eigenvalue weighted by Crippen LogP contribution is -2.49. The van der Waals surface area contributed by atoms with Crippen LogP contribution in [0.3, 0.4) is 0 Å². The first kappa shape index (κ1) is 12.3. The van der Waals surface area contributed by atoms with Crippen LogP contribution in [0.5, 0.6) is 5.75 Å². The standard InChI is InChI=1S/C13H19FN2O/c1-3-17-12-5-4-10(8-11(12)14)13-9(2)15-6-7-16-13/h4-5,8-9,13,15-16H,3,6-7H2,1-2H3. The quantitative estimate of drug-likeness (QED) is 0.843. The summed E-state index contributed by atoms with van der Waals surface area (Å²) in [5.74, 6) is 0.0385. The van der Waals surface area contributed by atoms with E-state index in [-0.39, 0.29) is 11.9 Å². The van der Waals surface area contributed by atoms with Crippen LogP contribution < -0.4 is 15.4 Å². The summed E-state index contributed by atoms with van der Waals surface area (Å²) in [4.78, 5) is 0. The molecule has 0 amide bonds. The first-order valence-corrected chi connectivity index (χ1v) is 6.11. The van der Waals surface area contributed by atoms with Gasteiger partial charge < -0.3 is 15.4 Å². The summed E-state index contributed by atoms with van der Waals surface area (Å²) in [6, 6.07) is 5.66. The molecule has 1 saturated heterocycles. The maximum atomic E-state index is 13.7. The van der Waals surface area contributed by atoms with Gasteiger partial charge in [0.15, 0.2) is 11.6 Å². The summed E-state index contributed by atoms with van der Waals surface area (Å²) in [6.07, 6.45) is 0.